The Morgan fingerprint density at radius 3 is 2.47 bits per heavy atom. The number of rotatable bonds is 4. The Kier molecular flexibility index (Phi) is 5.07. The van der Waals surface area contributed by atoms with E-state index in [0.717, 1.165) is 11.1 Å². The number of nitrogens with zero attached hydrogens (tertiary/aromatic N) is 2. The van der Waals surface area contributed by atoms with Crippen LogP contribution in [0.3, 0.4) is 0 Å². The van der Waals surface area contributed by atoms with E-state index in [1.54, 1.807) is 0 Å². The number of hydrogen-bond donors (Lipinski definition) is 0. The average molecular weight is 366 g/mol. The van der Waals surface area contributed by atoms with Crippen molar-refractivity contribution < 1.29 is 0 Å². The first-order valence-corrected chi connectivity index (χ1v) is 7.85. The van der Waals surface area contributed by atoms with Crippen molar-refractivity contribution >= 4 is 34.4 Å². The second-order valence-electron chi connectivity index (χ2n) is 4.73. The number of anilines is 1. The van der Waals surface area contributed by atoms with E-state index in [2.05, 4.69) is 101 Å². The van der Waals surface area contributed by atoms with Crippen LogP contribution in [0.15, 0.2) is 54.3 Å². The molecule has 1 aliphatic rings. The van der Waals surface area contributed by atoms with Gasteiger partial charge in [0.05, 0.1) is 4.55 Å². The van der Waals surface area contributed by atoms with Gasteiger partial charge in [0.15, 0.2) is 0 Å². The zero-order chi connectivity index (χ0) is 13.7. The third kappa shape index (κ3) is 4.13. The molecule has 1 heterocycles. The molecule has 0 bridgehead atoms. The maximum atomic E-state index is 2.38. The first-order chi connectivity index (χ1) is 9.19. The van der Waals surface area contributed by atoms with Gasteiger partial charge in [-0.25, -0.2) is 0 Å². The molecule has 0 N–H and O–H groups in total. The molecule has 1 aliphatic heterocycles. The van der Waals surface area contributed by atoms with Gasteiger partial charge < -0.3 is 9.80 Å². The molecule has 0 fully saturated rings. The first-order valence-electron chi connectivity index (χ1n) is 6.33. The van der Waals surface area contributed by atoms with E-state index in [-0.39, 0.29) is 0 Å². The van der Waals surface area contributed by atoms with Gasteiger partial charge in [-0.15, -0.1) is 0 Å². The summed E-state index contributed by atoms with van der Waals surface area (Å²) in [6.07, 6.45) is 10.9. The molecule has 0 amide bonds. The van der Waals surface area contributed by atoms with E-state index in [1.165, 1.54) is 16.8 Å². The maximum absolute atomic E-state index is 2.38. The minimum atomic E-state index is 0.999. The Hall–Kier alpha value is -1.23. The molecule has 1 aromatic carbocycles. The van der Waals surface area contributed by atoms with E-state index in [0.29, 0.717) is 0 Å². The molecule has 0 spiro atoms. The first kappa shape index (κ1) is 14.2. The van der Waals surface area contributed by atoms with Crippen LogP contribution in [0.25, 0.3) is 6.08 Å². The molecule has 3 heteroatoms. The molecule has 0 saturated heterocycles. The summed E-state index contributed by atoms with van der Waals surface area (Å²) in [6.45, 7) is 0.999. The predicted molar refractivity (Wildman–Crippen MR) is 92.6 cm³/mol. The second-order valence-corrected chi connectivity index (χ2v) is 5.41. The standard InChI is InChI=1S/C16H19IN2/c1-18(2)16-7-5-14(6-8-16)3-4-15-9-11-19(13-17)12-10-15/h3-11H,12-13H2,1-2H3/b4-3+. The monoisotopic (exact) mass is 366 g/mol. The van der Waals surface area contributed by atoms with Gasteiger partial charge in [0, 0.05) is 32.5 Å². The highest BCUT2D eigenvalue weighted by molar-refractivity contribution is 14.1. The fraction of sp³-hybridized carbons (Fsp3) is 0.250. The molecule has 0 aliphatic carbocycles. The van der Waals surface area contributed by atoms with Crippen molar-refractivity contribution in [3.63, 3.8) is 0 Å². The molecule has 2 rings (SSSR count). The SMILES string of the molecule is CN(C)c1ccc(/C=C/C2=CCN(CI)C=C2)cc1. The van der Waals surface area contributed by atoms with Crippen LogP contribution in [0.5, 0.6) is 0 Å². The minimum absolute atomic E-state index is 0.999. The topological polar surface area (TPSA) is 6.48 Å². The van der Waals surface area contributed by atoms with Gasteiger partial charge in [-0.1, -0.05) is 53.0 Å². The molecule has 19 heavy (non-hydrogen) atoms. The highest BCUT2D eigenvalue weighted by Gasteiger charge is 2.00. The van der Waals surface area contributed by atoms with Crippen molar-refractivity contribution in [2.45, 2.75) is 0 Å². The zero-order valence-corrected chi connectivity index (χ0v) is 13.5. The fourth-order valence-electron chi connectivity index (χ4n) is 1.83. The summed E-state index contributed by atoms with van der Waals surface area (Å²) < 4.78 is 1.04. The second kappa shape index (κ2) is 6.80. The molecule has 0 unspecified atom stereocenters. The minimum Gasteiger partial charge on any atom is -0.378 e. The number of allylic oxidation sites excluding steroid dienone is 3. The summed E-state index contributed by atoms with van der Waals surface area (Å²) in [5.41, 5.74) is 3.74. The van der Waals surface area contributed by atoms with Gasteiger partial charge in [0.2, 0.25) is 0 Å². The Morgan fingerprint density at radius 2 is 1.95 bits per heavy atom. The van der Waals surface area contributed by atoms with E-state index >= 15 is 0 Å². The molecule has 100 valence electrons. The van der Waals surface area contributed by atoms with E-state index in [1.807, 2.05) is 0 Å². The van der Waals surface area contributed by atoms with Crippen LogP contribution in [0, 0.1) is 0 Å². The number of alkyl halides is 1. The predicted octanol–water partition coefficient (Wildman–Crippen LogP) is 3.91. The molecule has 0 atom stereocenters. The lowest BCUT2D eigenvalue weighted by Gasteiger charge is -2.18. The highest BCUT2D eigenvalue weighted by Crippen LogP contribution is 2.15. The Balaban J connectivity index is 2.00. The molecule has 0 saturated carbocycles. The molecule has 2 nitrogen and oxygen atoms in total. The van der Waals surface area contributed by atoms with Crippen LogP contribution in [-0.4, -0.2) is 30.1 Å². The van der Waals surface area contributed by atoms with Crippen LogP contribution in [-0.2, 0) is 0 Å². The number of benzene rings is 1. The van der Waals surface area contributed by atoms with Crippen LogP contribution < -0.4 is 4.90 Å². The zero-order valence-electron chi connectivity index (χ0n) is 11.4. The lowest BCUT2D eigenvalue weighted by Crippen LogP contribution is -2.17. The normalized spacial score (nSPS) is 14.9. The molecular formula is C16H19IN2. The van der Waals surface area contributed by atoms with Crippen molar-refractivity contribution in [3.8, 4) is 0 Å². The smallest absolute Gasteiger partial charge is 0.0697 e. The van der Waals surface area contributed by atoms with Crippen LogP contribution in [0.1, 0.15) is 5.56 Å². The molecular weight excluding hydrogens is 347 g/mol. The molecule has 0 radical (unpaired) electrons. The van der Waals surface area contributed by atoms with Gasteiger partial charge >= 0.3 is 0 Å². The van der Waals surface area contributed by atoms with Crippen molar-refractivity contribution in [2.75, 3.05) is 30.1 Å². The van der Waals surface area contributed by atoms with Crippen LogP contribution >= 0.6 is 22.6 Å². The summed E-state index contributed by atoms with van der Waals surface area (Å²) in [5.74, 6) is 0. The largest absolute Gasteiger partial charge is 0.378 e. The number of halogens is 1. The summed E-state index contributed by atoms with van der Waals surface area (Å²) in [7, 11) is 4.11. The van der Waals surface area contributed by atoms with Crippen LogP contribution in [0.2, 0.25) is 0 Å². The van der Waals surface area contributed by atoms with Gasteiger partial charge in [-0.3, -0.25) is 0 Å². The van der Waals surface area contributed by atoms with E-state index < -0.39 is 0 Å². The van der Waals surface area contributed by atoms with Gasteiger partial charge in [-0.2, -0.15) is 0 Å². The lowest BCUT2D eigenvalue weighted by molar-refractivity contribution is 0.494. The maximum Gasteiger partial charge on any atom is 0.0697 e. The Labute approximate surface area is 129 Å². The number of hydrogen-bond acceptors (Lipinski definition) is 2. The van der Waals surface area contributed by atoms with Crippen molar-refractivity contribution in [1.82, 2.24) is 4.90 Å². The third-order valence-electron chi connectivity index (χ3n) is 3.07. The third-order valence-corrected chi connectivity index (χ3v) is 3.95. The molecule has 0 aromatic heterocycles. The summed E-state index contributed by atoms with van der Waals surface area (Å²) in [5, 5.41) is 0. The average Bonchev–Trinajstić information content (AvgIpc) is 2.46. The Morgan fingerprint density at radius 1 is 1.21 bits per heavy atom. The van der Waals surface area contributed by atoms with Crippen molar-refractivity contribution in [2.24, 2.45) is 0 Å². The Bertz CT molecular complexity index is 498. The quantitative estimate of drug-likeness (QED) is 0.453. The van der Waals surface area contributed by atoms with Crippen molar-refractivity contribution in [1.29, 1.82) is 0 Å². The molecule has 1 aromatic rings. The van der Waals surface area contributed by atoms with Crippen molar-refractivity contribution in [3.05, 3.63) is 59.8 Å². The summed E-state index contributed by atoms with van der Waals surface area (Å²) in [4.78, 5) is 4.38. The fourth-order valence-corrected chi connectivity index (χ4v) is 2.34. The highest BCUT2D eigenvalue weighted by atomic mass is 127. The summed E-state index contributed by atoms with van der Waals surface area (Å²) >= 11 is 2.38. The van der Waals surface area contributed by atoms with Gasteiger partial charge in [-0.05, 0) is 29.3 Å². The lowest BCUT2D eigenvalue weighted by atomic mass is 10.1. The van der Waals surface area contributed by atoms with E-state index in [9.17, 15) is 0 Å². The van der Waals surface area contributed by atoms with Gasteiger partial charge in [0.1, 0.15) is 0 Å². The van der Waals surface area contributed by atoms with Crippen LogP contribution in [0.4, 0.5) is 5.69 Å². The van der Waals surface area contributed by atoms with Gasteiger partial charge in [0.25, 0.3) is 0 Å². The van der Waals surface area contributed by atoms with E-state index in [4.69, 9.17) is 0 Å². The summed E-state index contributed by atoms with van der Waals surface area (Å²) in [6, 6.07) is 8.58.